The molecule has 0 heterocycles. The van der Waals surface area contributed by atoms with Gasteiger partial charge in [0.25, 0.3) is 0 Å². The molecule has 0 aromatic heterocycles. The van der Waals surface area contributed by atoms with Gasteiger partial charge >= 0.3 is 5.97 Å². The van der Waals surface area contributed by atoms with Crippen molar-refractivity contribution in [3.8, 4) is 5.75 Å². The van der Waals surface area contributed by atoms with Gasteiger partial charge in [-0.1, -0.05) is 65.7 Å². The Kier molecular flexibility index (Phi) is 11.1. The van der Waals surface area contributed by atoms with E-state index in [1.54, 1.807) is 0 Å². The van der Waals surface area contributed by atoms with E-state index in [9.17, 15) is 18.0 Å². The molecule has 0 aliphatic carbocycles. The van der Waals surface area contributed by atoms with Crippen molar-refractivity contribution < 1.29 is 22.7 Å². The maximum Gasteiger partial charge on any atom is 0.311 e. The monoisotopic (exact) mass is 386 g/mol. The van der Waals surface area contributed by atoms with Gasteiger partial charge in [-0.3, -0.25) is 4.79 Å². The maximum atomic E-state index is 13.2. The van der Waals surface area contributed by atoms with Crippen LogP contribution in [0.1, 0.15) is 85.0 Å². The van der Waals surface area contributed by atoms with E-state index in [0.29, 0.717) is 24.5 Å². The van der Waals surface area contributed by atoms with Gasteiger partial charge in [0.05, 0.1) is 0 Å². The Morgan fingerprint density at radius 2 is 1.52 bits per heavy atom. The fraction of sp³-hybridized carbons (Fsp3) is 0.682. The van der Waals surface area contributed by atoms with Gasteiger partial charge < -0.3 is 4.74 Å². The predicted molar refractivity (Wildman–Crippen MR) is 102 cm³/mol. The summed E-state index contributed by atoms with van der Waals surface area (Å²) >= 11 is 0. The van der Waals surface area contributed by atoms with E-state index in [4.69, 9.17) is 4.74 Å². The molecule has 0 saturated carbocycles. The molecule has 154 valence electrons. The molecule has 1 rings (SSSR count). The summed E-state index contributed by atoms with van der Waals surface area (Å²) < 4.78 is 44.1. The number of carbonyl (C=O) groups excluding carboxylic acids is 1. The molecule has 0 aliphatic rings. The Labute approximate surface area is 161 Å². The smallest absolute Gasteiger partial charge is 0.311 e. The van der Waals surface area contributed by atoms with Crippen molar-refractivity contribution >= 4 is 5.97 Å². The maximum absolute atomic E-state index is 13.2. The van der Waals surface area contributed by atoms with Gasteiger partial charge in [0.15, 0.2) is 17.5 Å². The first-order chi connectivity index (χ1) is 12.9. The van der Waals surface area contributed by atoms with E-state index in [0.717, 1.165) is 25.2 Å². The van der Waals surface area contributed by atoms with E-state index in [1.165, 1.54) is 32.1 Å². The number of halogens is 3. The molecule has 1 aromatic rings. The van der Waals surface area contributed by atoms with Crippen LogP contribution in [0.3, 0.4) is 0 Å². The normalized spacial score (nSPS) is 13.4. The Bertz CT molecular complexity index is 552. The number of hydrogen-bond donors (Lipinski definition) is 0. The Balaban J connectivity index is 2.36. The van der Waals surface area contributed by atoms with Gasteiger partial charge in [-0.15, -0.1) is 0 Å². The lowest BCUT2D eigenvalue weighted by Crippen LogP contribution is -2.10. The SMILES string of the molecule is CCCC(C)CCCC(CCC)CCCC(=O)Oc1cc(F)c(F)c(F)c1. The first-order valence-corrected chi connectivity index (χ1v) is 10.2. The minimum atomic E-state index is -1.56. The number of rotatable bonds is 13. The predicted octanol–water partition coefficient (Wildman–Crippen LogP) is 7.20. The van der Waals surface area contributed by atoms with Gasteiger partial charge in [-0.2, -0.15) is 0 Å². The third-order valence-corrected chi connectivity index (χ3v) is 4.97. The Morgan fingerprint density at radius 1 is 0.926 bits per heavy atom. The molecule has 0 amide bonds. The molecule has 2 nitrogen and oxygen atoms in total. The molecule has 2 atom stereocenters. The van der Waals surface area contributed by atoms with E-state index in [1.807, 2.05) is 0 Å². The molecule has 0 bridgehead atoms. The summed E-state index contributed by atoms with van der Waals surface area (Å²) in [4.78, 5) is 11.9. The van der Waals surface area contributed by atoms with E-state index < -0.39 is 23.4 Å². The Morgan fingerprint density at radius 3 is 2.11 bits per heavy atom. The second-order valence-electron chi connectivity index (χ2n) is 7.55. The van der Waals surface area contributed by atoms with Crippen LogP contribution in [-0.2, 0) is 4.79 Å². The highest BCUT2D eigenvalue weighted by atomic mass is 19.2. The van der Waals surface area contributed by atoms with Crippen LogP contribution in [0.15, 0.2) is 12.1 Å². The van der Waals surface area contributed by atoms with Crippen LogP contribution in [0.4, 0.5) is 13.2 Å². The lowest BCUT2D eigenvalue weighted by molar-refractivity contribution is -0.134. The molecule has 27 heavy (non-hydrogen) atoms. The summed E-state index contributed by atoms with van der Waals surface area (Å²) in [7, 11) is 0. The fourth-order valence-corrected chi connectivity index (χ4v) is 3.54. The minimum absolute atomic E-state index is 0.188. The summed E-state index contributed by atoms with van der Waals surface area (Å²) in [6, 6.07) is 1.38. The van der Waals surface area contributed by atoms with Gasteiger partial charge in [0.2, 0.25) is 0 Å². The van der Waals surface area contributed by atoms with Crippen molar-refractivity contribution in [3.63, 3.8) is 0 Å². The third kappa shape index (κ3) is 9.30. The topological polar surface area (TPSA) is 26.3 Å². The van der Waals surface area contributed by atoms with Crippen LogP contribution in [0, 0.1) is 29.3 Å². The number of esters is 1. The summed E-state index contributed by atoms with van der Waals surface area (Å²) in [6.07, 6.45) is 10.2. The molecule has 5 heteroatoms. The zero-order valence-electron chi connectivity index (χ0n) is 16.8. The van der Waals surface area contributed by atoms with Gasteiger partial charge in [-0.05, 0) is 24.7 Å². The Hall–Kier alpha value is -1.52. The zero-order chi connectivity index (χ0) is 20.2. The van der Waals surface area contributed by atoms with Gasteiger partial charge in [-0.25, -0.2) is 13.2 Å². The van der Waals surface area contributed by atoms with Crippen LogP contribution in [-0.4, -0.2) is 5.97 Å². The number of ether oxygens (including phenoxy) is 1. The molecule has 0 N–H and O–H groups in total. The highest BCUT2D eigenvalue weighted by Crippen LogP contribution is 2.24. The van der Waals surface area contributed by atoms with Crippen LogP contribution in [0.2, 0.25) is 0 Å². The van der Waals surface area contributed by atoms with Crippen molar-refractivity contribution in [1.82, 2.24) is 0 Å². The third-order valence-electron chi connectivity index (χ3n) is 4.97. The average molecular weight is 386 g/mol. The quantitative estimate of drug-likeness (QED) is 0.203. The molecule has 0 radical (unpaired) electrons. The highest BCUT2D eigenvalue weighted by Gasteiger charge is 2.15. The first-order valence-electron chi connectivity index (χ1n) is 10.2. The lowest BCUT2D eigenvalue weighted by atomic mass is 9.89. The number of hydrogen-bond acceptors (Lipinski definition) is 2. The molecular weight excluding hydrogens is 353 g/mol. The standard InChI is InChI=1S/C22H33F3O2/c1-4-8-16(3)10-6-11-17(9-5-2)12-7-13-21(26)27-18-14-19(23)22(25)20(24)15-18/h14-17H,4-13H2,1-3H3. The van der Waals surface area contributed by atoms with Crippen molar-refractivity contribution in [2.24, 2.45) is 11.8 Å². The van der Waals surface area contributed by atoms with Gasteiger partial charge in [0.1, 0.15) is 5.75 Å². The largest absolute Gasteiger partial charge is 0.426 e. The van der Waals surface area contributed by atoms with Crippen molar-refractivity contribution in [2.75, 3.05) is 0 Å². The summed E-state index contributed by atoms with van der Waals surface area (Å²) in [6.45, 7) is 6.68. The summed E-state index contributed by atoms with van der Waals surface area (Å²) in [5, 5.41) is 0. The van der Waals surface area contributed by atoms with Gasteiger partial charge in [0, 0.05) is 18.6 Å². The summed E-state index contributed by atoms with van der Waals surface area (Å²) in [5.41, 5.74) is 0. The minimum Gasteiger partial charge on any atom is -0.426 e. The second-order valence-corrected chi connectivity index (χ2v) is 7.55. The molecule has 0 saturated heterocycles. The lowest BCUT2D eigenvalue weighted by Gasteiger charge is -2.17. The van der Waals surface area contributed by atoms with Crippen molar-refractivity contribution in [1.29, 1.82) is 0 Å². The van der Waals surface area contributed by atoms with E-state index >= 15 is 0 Å². The van der Waals surface area contributed by atoms with E-state index in [2.05, 4.69) is 20.8 Å². The zero-order valence-corrected chi connectivity index (χ0v) is 16.8. The molecule has 2 unspecified atom stereocenters. The van der Waals surface area contributed by atoms with Crippen molar-refractivity contribution in [3.05, 3.63) is 29.6 Å². The fourth-order valence-electron chi connectivity index (χ4n) is 3.54. The van der Waals surface area contributed by atoms with Crippen LogP contribution < -0.4 is 4.74 Å². The molecule has 0 aliphatic heterocycles. The molecule has 1 aromatic carbocycles. The second kappa shape index (κ2) is 12.8. The van der Waals surface area contributed by atoms with Crippen LogP contribution in [0.25, 0.3) is 0 Å². The average Bonchev–Trinajstić information content (AvgIpc) is 2.59. The summed E-state index contributed by atoms with van der Waals surface area (Å²) in [5.74, 6) is -3.78. The van der Waals surface area contributed by atoms with Crippen molar-refractivity contribution in [2.45, 2.75) is 85.0 Å². The highest BCUT2D eigenvalue weighted by molar-refractivity contribution is 5.72. The molecule has 0 fully saturated rings. The van der Waals surface area contributed by atoms with Crippen LogP contribution >= 0.6 is 0 Å². The number of carbonyl (C=O) groups is 1. The molecular formula is C22H33F3O2. The van der Waals surface area contributed by atoms with E-state index in [-0.39, 0.29) is 12.2 Å². The number of benzene rings is 1. The first kappa shape index (κ1) is 23.5. The molecule has 0 spiro atoms. The van der Waals surface area contributed by atoms with Crippen LogP contribution in [0.5, 0.6) is 5.75 Å².